The van der Waals surface area contributed by atoms with Gasteiger partial charge in [0.2, 0.25) is 0 Å². The van der Waals surface area contributed by atoms with Crippen LogP contribution in [0.15, 0.2) is 18.2 Å². The molecule has 0 unspecified atom stereocenters. The summed E-state index contributed by atoms with van der Waals surface area (Å²) >= 11 is 0. The summed E-state index contributed by atoms with van der Waals surface area (Å²) in [6.07, 6.45) is 0.709. The maximum atomic E-state index is 10.6. The standard InChI is InChI=1S/C12H18N2O4/c1-12(2,17-3)6-7-18-9-4-5-11(14(15)16)10(13)8-9/h4-5,8H,6-7,13H2,1-3H3. The lowest BCUT2D eigenvalue weighted by molar-refractivity contribution is -0.383. The van der Waals surface area contributed by atoms with Crippen LogP contribution >= 0.6 is 0 Å². The number of benzene rings is 1. The van der Waals surface area contributed by atoms with Crippen molar-refractivity contribution in [1.29, 1.82) is 0 Å². The van der Waals surface area contributed by atoms with E-state index in [-0.39, 0.29) is 17.0 Å². The van der Waals surface area contributed by atoms with Crippen molar-refractivity contribution in [3.8, 4) is 5.75 Å². The van der Waals surface area contributed by atoms with E-state index in [0.29, 0.717) is 18.8 Å². The van der Waals surface area contributed by atoms with Crippen LogP contribution in [0.25, 0.3) is 0 Å². The van der Waals surface area contributed by atoms with E-state index in [1.807, 2.05) is 13.8 Å². The van der Waals surface area contributed by atoms with Gasteiger partial charge in [-0.25, -0.2) is 0 Å². The topological polar surface area (TPSA) is 87.6 Å². The Morgan fingerprint density at radius 3 is 2.61 bits per heavy atom. The minimum atomic E-state index is -0.521. The lowest BCUT2D eigenvalue weighted by atomic mass is 10.1. The van der Waals surface area contributed by atoms with E-state index >= 15 is 0 Å². The third-order valence-corrected chi connectivity index (χ3v) is 2.72. The summed E-state index contributed by atoms with van der Waals surface area (Å²) in [5.41, 5.74) is 5.29. The minimum absolute atomic E-state index is 0.100. The Kier molecular flexibility index (Phi) is 4.49. The minimum Gasteiger partial charge on any atom is -0.493 e. The number of nitrogens with zero attached hydrogens (tertiary/aromatic N) is 1. The molecule has 0 aliphatic rings. The molecule has 0 aromatic heterocycles. The highest BCUT2D eigenvalue weighted by Gasteiger charge is 2.16. The van der Waals surface area contributed by atoms with Crippen molar-refractivity contribution in [2.75, 3.05) is 19.5 Å². The van der Waals surface area contributed by atoms with E-state index in [4.69, 9.17) is 15.2 Å². The van der Waals surface area contributed by atoms with Crippen molar-refractivity contribution in [2.24, 2.45) is 0 Å². The van der Waals surface area contributed by atoms with Gasteiger partial charge in [0.05, 0.1) is 17.1 Å². The van der Waals surface area contributed by atoms with E-state index in [0.717, 1.165) is 0 Å². The Bertz CT molecular complexity index is 432. The fourth-order valence-electron chi connectivity index (χ4n) is 1.31. The smallest absolute Gasteiger partial charge is 0.292 e. The highest BCUT2D eigenvalue weighted by atomic mass is 16.6. The molecular weight excluding hydrogens is 236 g/mol. The molecule has 6 nitrogen and oxygen atoms in total. The summed E-state index contributed by atoms with van der Waals surface area (Å²) in [6, 6.07) is 4.33. The van der Waals surface area contributed by atoms with Gasteiger partial charge in [0.15, 0.2) is 0 Å². The lowest BCUT2D eigenvalue weighted by Crippen LogP contribution is -2.25. The molecule has 0 bridgehead atoms. The first-order valence-electron chi connectivity index (χ1n) is 5.57. The van der Waals surface area contributed by atoms with E-state index in [1.54, 1.807) is 7.11 Å². The SMILES string of the molecule is COC(C)(C)CCOc1ccc([N+](=O)[O-])c(N)c1. The number of ether oxygens (including phenoxy) is 2. The molecule has 0 amide bonds. The van der Waals surface area contributed by atoms with Crippen molar-refractivity contribution < 1.29 is 14.4 Å². The molecule has 0 aliphatic carbocycles. The second-order valence-electron chi connectivity index (χ2n) is 4.54. The molecule has 0 atom stereocenters. The van der Waals surface area contributed by atoms with Crippen LogP contribution in [0.5, 0.6) is 5.75 Å². The summed E-state index contributed by atoms with van der Waals surface area (Å²) in [6.45, 7) is 4.37. The van der Waals surface area contributed by atoms with Gasteiger partial charge in [0.1, 0.15) is 11.4 Å². The zero-order valence-electron chi connectivity index (χ0n) is 10.8. The molecule has 0 fully saturated rings. The lowest BCUT2D eigenvalue weighted by Gasteiger charge is -2.22. The number of methoxy groups -OCH3 is 1. The van der Waals surface area contributed by atoms with Gasteiger partial charge >= 0.3 is 0 Å². The first-order chi connectivity index (χ1) is 8.35. The van der Waals surface area contributed by atoms with Gasteiger partial charge in [-0.2, -0.15) is 0 Å². The largest absolute Gasteiger partial charge is 0.493 e. The molecule has 2 N–H and O–H groups in total. The second-order valence-corrected chi connectivity index (χ2v) is 4.54. The molecule has 1 aromatic rings. The van der Waals surface area contributed by atoms with Gasteiger partial charge in [0, 0.05) is 25.7 Å². The number of nitro groups is 1. The molecule has 1 rings (SSSR count). The average Bonchev–Trinajstić information content (AvgIpc) is 2.28. The van der Waals surface area contributed by atoms with E-state index in [2.05, 4.69) is 0 Å². The third-order valence-electron chi connectivity index (χ3n) is 2.72. The predicted octanol–water partition coefficient (Wildman–Crippen LogP) is 2.37. The van der Waals surface area contributed by atoms with Crippen molar-refractivity contribution in [2.45, 2.75) is 25.9 Å². The number of rotatable bonds is 6. The van der Waals surface area contributed by atoms with Crippen LogP contribution in [0.3, 0.4) is 0 Å². The predicted molar refractivity (Wildman–Crippen MR) is 68.7 cm³/mol. The van der Waals surface area contributed by atoms with Gasteiger partial charge in [-0.05, 0) is 19.9 Å². The third kappa shape index (κ3) is 3.89. The molecule has 18 heavy (non-hydrogen) atoms. The van der Waals surface area contributed by atoms with Crippen LogP contribution in [0, 0.1) is 10.1 Å². The number of nitrogen functional groups attached to an aromatic ring is 1. The van der Waals surface area contributed by atoms with Crippen LogP contribution in [0.2, 0.25) is 0 Å². The molecule has 1 aromatic carbocycles. The molecular formula is C12H18N2O4. The van der Waals surface area contributed by atoms with Crippen LogP contribution in [0.4, 0.5) is 11.4 Å². The number of nitro benzene ring substituents is 1. The quantitative estimate of drug-likeness (QED) is 0.478. The van der Waals surface area contributed by atoms with Crippen LogP contribution < -0.4 is 10.5 Å². The zero-order valence-corrected chi connectivity index (χ0v) is 10.8. The van der Waals surface area contributed by atoms with Gasteiger partial charge < -0.3 is 15.2 Å². The average molecular weight is 254 g/mol. The summed E-state index contributed by atoms with van der Waals surface area (Å²) < 4.78 is 10.7. The van der Waals surface area contributed by atoms with Crippen molar-refractivity contribution in [3.05, 3.63) is 28.3 Å². The summed E-state index contributed by atoms with van der Waals surface area (Å²) in [7, 11) is 1.64. The number of anilines is 1. The molecule has 100 valence electrons. The molecule has 0 radical (unpaired) electrons. The number of hydrogen-bond acceptors (Lipinski definition) is 5. The van der Waals surface area contributed by atoms with Crippen molar-refractivity contribution >= 4 is 11.4 Å². The van der Waals surface area contributed by atoms with Crippen molar-refractivity contribution in [1.82, 2.24) is 0 Å². The second kappa shape index (κ2) is 5.68. The monoisotopic (exact) mass is 254 g/mol. The fraction of sp³-hybridized carbons (Fsp3) is 0.500. The number of hydrogen-bond donors (Lipinski definition) is 1. The highest BCUT2D eigenvalue weighted by molar-refractivity contribution is 5.60. The van der Waals surface area contributed by atoms with Gasteiger partial charge in [-0.15, -0.1) is 0 Å². The Morgan fingerprint density at radius 2 is 2.11 bits per heavy atom. The first kappa shape index (κ1) is 14.2. The number of nitrogens with two attached hydrogens (primary N) is 1. The van der Waals surface area contributed by atoms with Crippen LogP contribution in [-0.4, -0.2) is 24.2 Å². The molecule has 0 saturated carbocycles. The van der Waals surface area contributed by atoms with Crippen LogP contribution in [-0.2, 0) is 4.74 Å². The molecule has 0 heterocycles. The summed E-state index contributed by atoms with van der Waals surface area (Å²) in [5.74, 6) is 0.519. The van der Waals surface area contributed by atoms with Gasteiger partial charge in [-0.3, -0.25) is 10.1 Å². The molecule has 0 spiro atoms. The van der Waals surface area contributed by atoms with E-state index in [1.165, 1.54) is 18.2 Å². The Morgan fingerprint density at radius 1 is 1.44 bits per heavy atom. The fourth-order valence-corrected chi connectivity index (χ4v) is 1.31. The van der Waals surface area contributed by atoms with E-state index < -0.39 is 4.92 Å². The van der Waals surface area contributed by atoms with Crippen molar-refractivity contribution in [3.63, 3.8) is 0 Å². The summed E-state index contributed by atoms with van der Waals surface area (Å²) in [5, 5.41) is 10.6. The Labute approximate surface area is 106 Å². The maximum absolute atomic E-state index is 10.6. The normalized spacial score (nSPS) is 11.3. The molecule has 6 heteroatoms. The zero-order chi connectivity index (χ0) is 13.8. The Hall–Kier alpha value is -1.82. The van der Waals surface area contributed by atoms with Gasteiger partial charge in [-0.1, -0.05) is 0 Å². The van der Waals surface area contributed by atoms with Crippen LogP contribution in [0.1, 0.15) is 20.3 Å². The van der Waals surface area contributed by atoms with Gasteiger partial charge in [0.25, 0.3) is 5.69 Å². The summed E-state index contributed by atoms with van der Waals surface area (Å²) in [4.78, 5) is 10.1. The first-order valence-corrected chi connectivity index (χ1v) is 5.57. The Balaban J connectivity index is 2.59. The molecule has 0 saturated heterocycles. The maximum Gasteiger partial charge on any atom is 0.292 e. The van der Waals surface area contributed by atoms with E-state index in [9.17, 15) is 10.1 Å². The molecule has 0 aliphatic heterocycles. The highest BCUT2D eigenvalue weighted by Crippen LogP contribution is 2.26.